The van der Waals surface area contributed by atoms with Crippen LogP contribution < -0.4 is 10.0 Å². The molecule has 7 nitrogen and oxygen atoms in total. The van der Waals surface area contributed by atoms with Gasteiger partial charge in [0, 0.05) is 29.0 Å². The van der Waals surface area contributed by atoms with Gasteiger partial charge in [0.2, 0.25) is 10.0 Å². The Morgan fingerprint density at radius 2 is 1.67 bits per heavy atom. The van der Waals surface area contributed by atoms with Crippen molar-refractivity contribution >= 4 is 38.2 Å². The molecule has 0 fully saturated rings. The normalized spacial score (nSPS) is 11.4. The lowest BCUT2D eigenvalue weighted by Crippen LogP contribution is -2.15. The lowest BCUT2D eigenvalue weighted by atomic mass is 10.1. The number of hydrogen-bond acceptors (Lipinski definition) is 6. The molecule has 3 aromatic carbocycles. The number of rotatable bonds is 7. The highest BCUT2D eigenvalue weighted by molar-refractivity contribution is 7.91. The topological polar surface area (TPSA) is 97.1 Å². The zero-order chi connectivity index (χ0) is 22.7. The number of fused-ring (bicyclic) bond motifs is 1. The largest absolute Gasteiger partial charge is 0.423 e. The minimum absolute atomic E-state index is 0.101. The molecule has 8 heteroatoms. The second-order valence-corrected chi connectivity index (χ2v) is 9.24. The van der Waals surface area contributed by atoms with Crippen molar-refractivity contribution in [3.05, 3.63) is 103 Å². The molecule has 0 atom stereocenters. The number of hydrogen-bond donors (Lipinski definition) is 2. The first-order valence-corrected chi connectivity index (χ1v) is 11.9. The predicted octanol–water partition coefficient (Wildman–Crippen LogP) is 5.58. The summed E-state index contributed by atoms with van der Waals surface area (Å²) in [5, 5.41) is 5.19. The number of anilines is 3. The molecule has 0 spiro atoms. The second kappa shape index (κ2) is 8.76. The smallest absolute Gasteiger partial charge is 0.299 e. The Kier molecular flexibility index (Phi) is 5.50. The summed E-state index contributed by atoms with van der Waals surface area (Å²) in [5.41, 5.74) is 2.71. The van der Waals surface area contributed by atoms with Gasteiger partial charge in [-0.25, -0.2) is 13.4 Å². The number of aromatic nitrogens is 2. The van der Waals surface area contributed by atoms with Gasteiger partial charge in [-0.1, -0.05) is 48.5 Å². The second-order valence-electron chi connectivity index (χ2n) is 7.52. The van der Waals surface area contributed by atoms with Gasteiger partial charge in [0.15, 0.2) is 5.76 Å². The molecule has 0 aliphatic rings. The maximum atomic E-state index is 12.5. The van der Waals surface area contributed by atoms with Crippen molar-refractivity contribution in [2.75, 3.05) is 10.0 Å². The number of oxazole rings is 1. The first kappa shape index (κ1) is 20.7. The van der Waals surface area contributed by atoms with E-state index in [0.29, 0.717) is 23.1 Å². The van der Waals surface area contributed by atoms with E-state index in [-0.39, 0.29) is 5.75 Å². The molecule has 5 rings (SSSR count). The van der Waals surface area contributed by atoms with Crippen molar-refractivity contribution in [1.82, 2.24) is 9.97 Å². The van der Waals surface area contributed by atoms with Crippen LogP contribution in [0.4, 0.5) is 17.4 Å². The van der Waals surface area contributed by atoms with Crippen LogP contribution in [0.15, 0.2) is 102 Å². The maximum absolute atomic E-state index is 12.5. The number of nitrogens with zero attached hydrogens (tertiary/aromatic N) is 2. The first-order chi connectivity index (χ1) is 16.0. The van der Waals surface area contributed by atoms with E-state index >= 15 is 0 Å². The molecule has 0 unspecified atom stereocenters. The Hall–Kier alpha value is -4.17. The summed E-state index contributed by atoms with van der Waals surface area (Å²) in [7, 11) is -3.55. The fraction of sp³-hybridized carbons (Fsp3) is 0.0400. The van der Waals surface area contributed by atoms with Gasteiger partial charge in [-0.05, 0) is 41.3 Å². The number of sulfonamides is 1. The van der Waals surface area contributed by atoms with Crippen molar-refractivity contribution in [3.63, 3.8) is 0 Å². The van der Waals surface area contributed by atoms with Crippen molar-refractivity contribution < 1.29 is 12.8 Å². The van der Waals surface area contributed by atoms with Gasteiger partial charge in [0.25, 0.3) is 6.01 Å². The van der Waals surface area contributed by atoms with E-state index in [2.05, 4.69) is 20.0 Å². The van der Waals surface area contributed by atoms with Gasteiger partial charge in [-0.2, -0.15) is 0 Å². The van der Waals surface area contributed by atoms with Crippen LogP contribution in [0.5, 0.6) is 0 Å². The third kappa shape index (κ3) is 5.02. The van der Waals surface area contributed by atoms with Crippen LogP contribution in [0.25, 0.3) is 22.1 Å². The Bertz CT molecular complexity index is 1520. The Balaban J connectivity index is 1.30. The van der Waals surface area contributed by atoms with Gasteiger partial charge < -0.3 is 9.73 Å². The maximum Gasteiger partial charge on any atom is 0.299 e. The van der Waals surface area contributed by atoms with E-state index in [9.17, 15) is 8.42 Å². The molecule has 33 heavy (non-hydrogen) atoms. The summed E-state index contributed by atoms with van der Waals surface area (Å²) in [5.74, 6) is 0.520. The summed E-state index contributed by atoms with van der Waals surface area (Å²) in [6.07, 6.45) is 5.21. The predicted molar refractivity (Wildman–Crippen MR) is 130 cm³/mol. The van der Waals surface area contributed by atoms with Crippen molar-refractivity contribution in [2.45, 2.75) is 5.75 Å². The molecule has 5 aromatic rings. The number of nitrogens with one attached hydrogen (secondary N) is 2. The van der Waals surface area contributed by atoms with E-state index in [1.807, 2.05) is 54.7 Å². The zero-order valence-corrected chi connectivity index (χ0v) is 18.3. The molecule has 0 bridgehead atoms. The summed E-state index contributed by atoms with van der Waals surface area (Å²) < 4.78 is 33.5. The molecule has 0 saturated heterocycles. The van der Waals surface area contributed by atoms with Gasteiger partial charge in [0.05, 0.1) is 17.6 Å². The van der Waals surface area contributed by atoms with Crippen LogP contribution in [-0.2, 0) is 15.8 Å². The van der Waals surface area contributed by atoms with E-state index < -0.39 is 10.0 Å². The average Bonchev–Trinajstić information content (AvgIpc) is 3.27. The molecule has 0 aliphatic heterocycles. The first-order valence-electron chi connectivity index (χ1n) is 10.3. The van der Waals surface area contributed by atoms with Gasteiger partial charge in [-0.15, -0.1) is 0 Å². The molecule has 0 aliphatic carbocycles. The Morgan fingerprint density at radius 1 is 0.818 bits per heavy atom. The number of benzene rings is 3. The molecule has 164 valence electrons. The highest BCUT2D eigenvalue weighted by Crippen LogP contribution is 2.28. The van der Waals surface area contributed by atoms with E-state index in [1.54, 1.807) is 42.7 Å². The van der Waals surface area contributed by atoms with Gasteiger partial charge in [0.1, 0.15) is 0 Å². The van der Waals surface area contributed by atoms with Crippen LogP contribution in [0.3, 0.4) is 0 Å². The molecular weight excluding hydrogens is 436 g/mol. The van der Waals surface area contributed by atoms with Crippen LogP contribution in [-0.4, -0.2) is 18.4 Å². The lowest BCUT2D eigenvalue weighted by Gasteiger charge is -2.10. The summed E-state index contributed by atoms with van der Waals surface area (Å²) in [4.78, 5) is 8.43. The highest BCUT2D eigenvalue weighted by Gasteiger charge is 2.13. The third-order valence-corrected chi connectivity index (χ3v) is 6.28. The molecular formula is C25H20N4O3S. The van der Waals surface area contributed by atoms with Crippen LogP contribution >= 0.6 is 0 Å². The Labute approximate surface area is 191 Å². The molecule has 0 saturated carbocycles. The van der Waals surface area contributed by atoms with E-state index in [0.717, 1.165) is 21.9 Å². The minimum atomic E-state index is -3.55. The fourth-order valence-electron chi connectivity index (χ4n) is 3.50. The average molecular weight is 457 g/mol. The van der Waals surface area contributed by atoms with Crippen molar-refractivity contribution in [2.24, 2.45) is 0 Å². The van der Waals surface area contributed by atoms with E-state index in [1.165, 1.54) is 0 Å². The van der Waals surface area contributed by atoms with E-state index in [4.69, 9.17) is 4.42 Å². The van der Waals surface area contributed by atoms with Gasteiger partial charge >= 0.3 is 0 Å². The SMILES string of the molecule is O=S(=O)(Cc1ccccc1)Nc1cccc(Nc2ncc(-c3ccc4cnccc4c3)o2)c1. The minimum Gasteiger partial charge on any atom is -0.423 e. The van der Waals surface area contributed by atoms with Crippen molar-refractivity contribution in [1.29, 1.82) is 0 Å². The fourth-order valence-corrected chi connectivity index (χ4v) is 4.68. The van der Waals surface area contributed by atoms with Crippen LogP contribution in [0, 0.1) is 0 Å². The quantitative estimate of drug-likeness (QED) is 0.332. The molecule has 2 N–H and O–H groups in total. The standard InChI is InChI=1S/C25H20N4O3S/c30-33(31,17-18-5-2-1-3-6-18)29-23-8-4-7-22(14-23)28-25-27-16-24(32-25)20-9-10-21-15-26-12-11-19(21)13-20/h1-16,29H,17H2,(H,27,28). The summed E-state index contributed by atoms with van der Waals surface area (Å²) in [6, 6.07) is 24.2. The summed E-state index contributed by atoms with van der Waals surface area (Å²) in [6.45, 7) is 0. The molecule has 0 amide bonds. The van der Waals surface area contributed by atoms with Crippen LogP contribution in [0.1, 0.15) is 5.56 Å². The monoisotopic (exact) mass is 456 g/mol. The molecule has 0 radical (unpaired) electrons. The van der Waals surface area contributed by atoms with Crippen LogP contribution in [0.2, 0.25) is 0 Å². The molecule has 2 heterocycles. The number of pyridine rings is 1. The molecule has 2 aromatic heterocycles. The van der Waals surface area contributed by atoms with Gasteiger partial charge in [-0.3, -0.25) is 9.71 Å². The lowest BCUT2D eigenvalue weighted by molar-refractivity contribution is 0.592. The highest BCUT2D eigenvalue weighted by atomic mass is 32.2. The zero-order valence-electron chi connectivity index (χ0n) is 17.5. The van der Waals surface area contributed by atoms with Crippen molar-refractivity contribution in [3.8, 4) is 11.3 Å². The Morgan fingerprint density at radius 3 is 2.55 bits per heavy atom. The third-order valence-electron chi connectivity index (χ3n) is 5.02. The summed E-state index contributed by atoms with van der Waals surface area (Å²) >= 11 is 0.